The van der Waals surface area contributed by atoms with Crippen LogP contribution in [0.15, 0.2) is 70.3 Å². The number of ether oxygens (including phenoxy) is 1. The molecule has 3 rings (SSSR count). The molecule has 164 valence electrons. The van der Waals surface area contributed by atoms with E-state index in [1.807, 2.05) is 24.3 Å². The second-order valence-electron chi connectivity index (χ2n) is 7.96. The quantitative estimate of drug-likeness (QED) is 0.547. The molecule has 2 aromatic carbocycles. The molecule has 0 unspecified atom stereocenters. The standard InChI is InChI=1S/C23H26N2O4S2/c1-23(2,3)17-10-5-6-11-18(17)24-21(26)16-25(19-12-7-8-13-20(19)29-4)31(27,28)22-14-9-15-30-22/h5-15H,16H2,1-4H3,(H,24,26). The van der Waals surface area contributed by atoms with Gasteiger partial charge in [0, 0.05) is 5.69 Å². The molecule has 8 heteroatoms. The Morgan fingerprint density at radius 2 is 1.71 bits per heavy atom. The molecule has 0 aliphatic heterocycles. The van der Waals surface area contributed by atoms with Gasteiger partial charge in [0.05, 0.1) is 12.8 Å². The van der Waals surface area contributed by atoms with Gasteiger partial charge in [-0.15, -0.1) is 11.3 Å². The zero-order valence-corrected chi connectivity index (χ0v) is 19.6. The first kappa shape index (κ1) is 22.8. The number of anilines is 2. The maximum Gasteiger partial charge on any atom is 0.274 e. The highest BCUT2D eigenvalue weighted by atomic mass is 32.2. The van der Waals surface area contributed by atoms with E-state index in [4.69, 9.17) is 4.74 Å². The van der Waals surface area contributed by atoms with Crippen LogP contribution in [0, 0.1) is 0 Å². The van der Waals surface area contributed by atoms with Gasteiger partial charge in [-0.05, 0) is 40.6 Å². The van der Waals surface area contributed by atoms with Crippen LogP contribution in [0.3, 0.4) is 0 Å². The normalized spacial score (nSPS) is 11.7. The molecule has 1 N–H and O–H groups in total. The summed E-state index contributed by atoms with van der Waals surface area (Å²) in [7, 11) is -2.49. The summed E-state index contributed by atoms with van der Waals surface area (Å²) in [6, 6.07) is 17.5. The summed E-state index contributed by atoms with van der Waals surface area (Å²) in [4.78, 5) is 13.0. The number of carbonyl (C=O) groups excluding carboxylic acids is 1. The number of nitrogens with one attached hydrogen (secondary N) is 1. The number of methoxy groups -OCH3 is 1. The summed E-state index contributed by atoms with van der Waals surface area (Å²) in [5.74, 6) is -0.0757. The third-order valence-electron chi connectivity index (χ3n) is 4.69. The average Bonchev–Trinajstić information content (AvgIpc) is 3.27. The van der Waals surface area contributed by atoms with Crippen molar-refractivity contribution in [3.05, 3.63) is 71.6 Å². The van der Waals surface area contributed by atoms with E-state index in [9.17, 15) is 13.2 Å². The lowest BCUT2D eigenvalue weighted by Gasteiger charge is -2.26. The van der Waals surface area contributed by atoms with Crippen LogP contribution in [0.1, 0.15) is 26.3 Å². The number of rotatable bonds is 7. The number of amides is 1. The molecule has 0 fully saturated rings. The Bertz CT molecular complexity index is 1150. The van der Waals surface area contributed by atoms with E-state index < -0.39 is 15.9 Å². The van der Waals surface area contributed by atoms with E-state index >= 15 is 0 Å². The molecule has 0 saturated heterocycles. The second kappa shape index (κ2) is 9.11. The molecular formula is C23H26N2O4S2. The maximum absolute atomic E-state index is 13.4. The lowest BCUT2D eigenvalue weighted by atomic mass is 9.86. The first-order valence-electron chi connectivity index (χ1n) is 9.73. The SMILES string of the molecule is COc1ccccc1N(CC(=O)Nc1ccccc1C(C)(C)C)S(=O)(=O)c1cccs1. The third kappa shape index (κ3) is 5.08. The van der Waals surface area contributed by atoms with Gasteiger partial charge >= 0.3 is 0 Å². The Morgan fingerprint density at radius 1 is 1.03 bits per heavy atom. The third-order valence-corrected chi connectivity index (χ3v) is 7.82. The van der Waals surface area contributed by atoms with Crippen molar-refractivity contribution in [1.82, 2.24) is 0 Å². The summed E-state index contributed by atoms with van der Waals surface area (Å²) in [6.45, 7) is 5.78. The molecule has 0 aliphatic carbocycles. The molecule has 0 radical (unpaired) electrons. The van der Waals surface area contributed by atoms with Gasteiger partial charge in [0.2, 0.25) is 5.91 Å². The summed E-state index contributed by atoms with van der Waals surface area (Å²) >= 11 is 1.10. The van der Waals surface area contributed by atoms with E-state index in [0.29, 0.717) is 17.1 Å². The molecular weight excluding hydrogens is 432 g/mol. The summed E-state index contributed by atoms with van der Waals surface area (Å²) < 4.78 is 33.4. The van der Waals surface area contributed by atoms with Crippen molar-refractivity contribution in [2.45, 2.75) is 30.4 Å². The predicted octanol–water partition coefficient (Wildman–Crippen LogP) is 4.89. The van der Waals surface area contributed by atoms with Crippen molar-refractivity contribution in [1.29, 1.82) is 0 Å². The summed E-state index contributed by atoms with van der Waals surface area (Å²) in [6.07, 6.45) is 0. The molecule has 1 aromatic heterocycles. The van der Waals surface area contributed by atoms with Gasteiger partial charge in [-0.1, -0.05) is 57.2 Å². The Balaban J connectivity index is 1.98. The number of carbonyl (C=O) groups is 1. The number of sulfonamides is 1. The first-order valence-corrected chi connectivity index (χ1v) is 12.0. The van der Waals surface area contributed by atoms with E-state index in [0.717, 1.165) is 21.2 Å². The zero-order chi connectivity index (χ0) is 22.6. The molecule has 0 saturated carbocycles. The molecule has 0 bridgehead atoms. The molecule has 0 atom stereocenters. The van der Waals surface area contributed by atoms with Crippen molar-refractivity contribution in [2.75, 3.05) is 23.3 Å². The van der Waals surface area contributed by atoms with E-state index in [-0.39, 0.29) is 16.2 Å². The van der Waals surface area contributed by atoms with Gasteiger partial charge in [-0.3, -0.25) is 9.10 Å². The molecule has 0 spiro atoms. The van der Waals surface area contributed by atoms with E-state index in [1.165, 1.54) is 13.2 Å². The number of nitrogens with zero attached hydrogens (tertiary/aromatic N) is 1. The average molecular weight is 459 g/mol. The second-order valence-corrected chi connectivity index (χ2v) is 11.0. The van der Waals surface area contributed by atoms with Crippen LogP contribution in [0.5, 0.6) is 5.75 Å². The van der Waals surface area contributed by atoms with Crippen LogP contribution < -0.4 is 14.4 Å². The Labute approximate surface area is 187 Å². The fraction of sp³-hybridized carbons (Fsp3) is 0.261. The van der Waals surface area contributed by atoms with Gasteiger partial charge in [0.15, 0.2) is 0 Å². The van der Waals surface area contributed by atoms with Crippen molar-refractivity contribution in [3.8, 4) is 5.75 Å². The van der Waals surface area contributed by atoms with Gasteiger partial charge in [-0.2, -0.15) is 0 Å². The predicted molar refractivity (Wildman–Crippen MR) is 126 cm³/mol. The van der Waals surface area contributed by atoms with Crippen LogP contribution in [-0.4, -0.2) is 28.0 Å². The van der Waals surface area contributed by atoms with Crippen molar-refractivity contribution < 1.29 is 17.9 Å². The molecule has 3 aromatic rings. The van der Waals surface area contributed by atoms with Gasteiger partial charge in [0.25, 0.3) is 10.0 Å². The Hall–Kier alpha value is -2.84. The van der Waals surface area contributed by atoms with Crippen molar-refractivity contribution in [2.24, 2.45) is 0 Å². The number of benzene rings is 2. The molecule has 0 aliphatic rings. The molecule has 1 amide bonds. The number of hydrogen-bond donors (Lipinski definition) is 1. The lowest BCUT2D eigenvalue weighted by molar-refractivity contribution is -0.114. The smallest absolute Gasteiger partial charge is 0.274 e. The minimum absolute atomic E-state index is 0.154. The van der Waals surface area contributed by atoms with Gasteiger partial charge < -0.3 is 10.1 Å². The first-order chi connectivity index (χ1) is 14.6. The monoisotopic (exact) mass is 458 g/mol. The van der Waals surface area contributed by atoms with Crippen LogP contribution in [0.25, 0.3) is 0 Å². The lowest BCUT2D eigenvalue weighted by Crippen LogP contribution is -2.38. The number of hydrogen-bond acceptors (Lipinski definition) is 5. The van der Waals surface area contributed by atoms with Crippen molar-refractivity contribution in [3.63, 3.8) is 0 Å². The number of thiophene rings is 1. The minimum atomic E-state index is -3.96. The van der Waals surface area contributed by atoms with Gasteiger partial charge in [-0.25, -0.2) is 8.42 Å². The maximum atomic E-state index is 13.4. The summed E-state index contributed by atoms with van der Waals surface area (Å²) in [5.41, 5.74) is 1.74. The topological polar surface area (TPSA) is 75.7 Å². The highest BCUT2D eigenvalue weighted by Gasteiger charge is 2.30. The summed E-state index contributed by atoms with van der Waals surface area (Å²) in [5, 5.41) is 4.58. The zero-order valence-electron chi connectivity index (χ0n) is 18.0. The molecule has 1 heterocycles. The van der Waals surface area contributed by atoms with E-state index in [1.54, 1.807) is 35.7 Å². The van der Waals surface area contributed by atoms with E-state index in [2.05, 4.69) is 26.1 Å². The Morgan fingerprint density at radius 3 is 2.35 bits per heavy atom. The largest absolute Gasteiger partial charge is 0.495 e. The van der Waals surface area contributed by atoms with Crippen LogP contribution in [-0.2, 0) is 20.2 Å². The van der Waals surface area contributed by atoms with Crippen LogP contribution >= 0.6 is 11.3 Å². The number of para-hydroxylation sites is 3. The fourth-order valence-corrected chi connectivity index (χ4v) is 5.76. The highest BCUT2D eigenvalue weighted by molar-refractivity contribution is 7.94. The highest BCUT2D eigenvalue weighted by Crippen LogP contribution is 2.34. The Kier molecular flexibility index (Phi) is 6.71. The molecule has 6 nitrogen and oxygen atoms in total. The minimum Gasteiger partial charge on any atom is -0.495 e. The molecule has 31 heavy (non-hydrogen) atoms. The van der Waals surface area contributed by atoms with Gasteiger partial charge in [0.1, 0.15) is 16.5 Å². The van der Waals surface area contributed by atoms with Crippen LogP contribution in [0.2, 0.25) is 0 Å². The van der Waals surface area contributed by atoms with Crippen molar-refractivity contribution >= 4 is 38.6 Å². The fourth-order valence-electron chi connectivity index (χ4n) is 3.22. The van der Waals surface area contributed by atoms with Crippen LogP contribution in [0.4, 0.5) is 11.4 Å².